The van der Waals surface area contributed by atoms with E-state index < -0.39 is 5.41 Å². The van der Waals surface area contributed by atoms with E-state index in [1.807, 2.05) is 76.5 Å². The zero-order valence-electron chi connectivity index (χ0n) is 22.6. The molecule has 2 heterocycles. The molecule has 3 aromatic carbocycles. The van der Waals surface area contributed by atoms with Crippen molar-refractivity contribution < 1.29 is 9.59 Å². The Labute approximate surface area is 235 Å². The lowest BCUT2D eigenvalue weighted by Gasteiger charge is -2.35. The predicted octanol–water partition coefficient (Wildman–Crippen LogP) is 4.63. The van der Waals surface area contributed by atoms with Crippen molar-refractivity contribution in [2.75, 3.05) is 58.3 Å². The molecule has 2 aliphatic heterocycles. The van der Waals surface area contributed by atoms with Crippen LogP contribution in [0.15, 0.2) is 72.8 Å². The van der Waals surface area contributed by atoms with E-state index in [4.69, 9.17) is 11.6 Å². The highest BCUT2D eigenvalue weighted by atomic mass is 35.5. The van der Waals surface area contributed by atoms with Crippen molar-refractivity contribution in [1.29, 1.82) is 0 Å². The molecular formula is C32H35ClN4O2. The number of hydrogen-bond donors (Lipinski definition) is 0. The summed E-state index contributed by atoms with van der Waals surface area (Å²) in [5.41, 5.74) is 4.38. The van der Waals surface area contributed by atoms with Gasteiger partial charge < -0.3 is 14.7 Å². The van der Waals surface area contributed by atoms with E-state index in [0.717, 1.165) is 68.1 Å². The summed E-state index contributed by atoms with van der Waals surface area (Å²) in [5.74, 6) is 0.366. The summed E-state index contributed by atoms with van der Waals surface area (Å²) in [5, 5.41) is 0.703. The average Bonchev–Trinajstić information content (AvgIpc) is 3.67. The van der Waals surface area contributed by atoms with Crippen LogP contribution < -0.4 is 4.90 Å². The number of halogens is 1. The molecule has 0 aromatic heterocycles. The molecule has 0 N–H and O–H groups in total. The summed E-state index contributed by atoms with van der Waals surface area (Å²) in [7, 11) is 4.17. The van der Waals surface area contributed by atoms with Gasteiger partial charge in [0.2, 0.25) is 5.91 Å². The van der Waals surface area contributed by atoms with Gasteiger partial charge in [-0.2, -0.15) is 0 Å². The Morgan fingerprint density at radius 3 is 2.46 bits per heavy atom. The van der Waals surface area contributed by atoms with Crippen molar-refractivity contribution in [2.45, 2.75) is 24.3 Å². The maximum absolute atomic E-state index is 14.0. The van der Waals surface area contributed by atoms with Crippen LogP contribution in [0.5, 0.6) is 0 Å². The number of hydrogen-bond acceptors (Lipinski definition) is 4. The van der Waals surface area contributed by atoms with Crippen molar-refractivity contribution in [3.63, 3.8) is 0 Å². The topological polar surface area (TPSA) is 47.1 Å². The van der Waals surface area contributed by atoms with Gasteiger partial charge >= 0.3 is 0 Å². The first-order valence-corrected chi connectivity index (χ1v) is 14.2. The van der Waals surface area contributed by atoms with Crippen LogP contribution >= 0.6 is 11.6 Å². The van der Waals surface area contributed by atoms with Crippen molar-refractivity contribution in [3.8, 4) is 0 Å². The maximum atomic E-state index is 14.0. The summed E-state index contributed by atoms with van der Waals surface area (Å²) in [6, 6.07) is 23.8. The molecule has 39 heavy (non-hydrogen) atoms. The molecule has 7 heteroatoms. The van der Waals surface area contributed by atoms with Crippen LogP contribution in [0.25, 0.3) is 0 Å². The van der Waals surface area contributed by atoms with Crippen molar-refractivity contribution in [3.05, 3.63) is 100 Å². The molecule has 1 aliphatic carbocycles. The highest BCUT2D eigenvalue weighted by Crippen LogP contribution is 2.66. The lowest BCUT2D eigenvalue weighted by molar-refractivity contribution is -0.120. The summed E-state index contributed by atoms with van der Waals surface area (Å²) in [6.45, 7) is 5.77. The molecule has 6 rings (SSSR count). The minimum atomic E-state index is -0.510. The largest absolute Gasteiger partial charge is 0.336 e. The SMILES string of the molecule is CN(C)CCN1CCN(C(=O)c2cccc(CN3C(=O)C4(CC4c4ccc(Cl)cc4)c4ccccc43)c2)CC1. The Morgan fingerprint density at radius 1 is 0.974 bits per heavy atom. The number of amides is 2. The number of likely N-dealkylation sites (N-methyl/N-ethyl adjacent to an activating group) is 1. The van der Waals surface area contributed by atoms with Crippen LogP contribution in [0, 0.1) is 0 Å². The van der Waals surface area contributed by atoms with E-state index in [-0.39, 0.29) is 17.7 Å². The van der Waals surface area contributed by atoms with Crippen LogP contribution in [-0.4, -0.2) is 79.9 Å². The third-order valence-corrected chi connectivity index (χ3v) is 8.83. The monoisotopic (exact) mass is 542 g/mol. The molecule has 1 saturated heterocycles. The Hall–Kier alpha value is -3.19. The predicted molar refractivity (Wildman–Crippen MR) is 155 cm³/mol. The zero-order chi connectivity index (χ0) is 27.1. The Bertz CT molecular complexity index is 1380. The first kappa shape index (κ1) is 26.1. The molecule has 1 saturated carbocycles. The smallest absolute Gasteiger partial charge is 0.253 e. The van der Waals surface area contributed by atoms with Gasteiger partial charge in [0.15, 0.2) is 0 Å². The van der Waals surface area contributed by atoms with Crippen molar-refractivity contribution in [2.24, 2.45) is 0 Å². The summed E-state index contributed by atoms with van der Waals surface area (Å²) in [6.07, 6.45) is 0.806. The van der Waals surface area contributed by atoms with Crippen LogP contribution in [-0.2, 0) is 16.8 Å². The number of carbonyl (C=O) groups excluding carboxylic acids is 2. The lowest BCUT2D eigenvalue weighted by Crippen LogP contribution is -2.50. The number of para-hydroxylation sites is 1. The number of benzene rings is 3. The molecule has 0 bridgehead atoms. The van der Waals surface area contributed by atoms with Crippen molar-refractivity contribution in [1.82, 2.24) is 14.7 Å². The van der Waals surface area contributed by atoms with Gasteiger partial charge in [-0.1, -0.05) is 54.1 Å². The third-order valence-electron chi connectivity index (χ3n) is 8.57. The van der Waals surface area contributed by atoms with Crippen LogP contribution in [0.1, 0.15) is 39.4 Å². The number of nitrogens with zero attached hydrogens (tertiary/aromatic N) is 4. The van der Waals surface area contributed by atoms with Gasteiger partial charge in [0.05, 0.1) is 12.0 Å². The van der Waals surface area contributed by atoms with Gasteiger partial charge in [0.25, 0.3) is 5.91 Å². The minimum Gasteiger partial charge on any atom is -0.336 e. The van der Waals surface area contributed by atoms with Gasteiger partial charge in [-0.05, 0) is 67.5 Å². The lowest BCUT2D eigenvalue weighted by atomic mass is 9.92. The van der Waals surface area contributed by atoms with E-state index in [2.05, 4.69) is 30.0 Å². The second-order valence-corrected chi connectivity index (χ2v) is 11.8. The number of rotatable bonds is 7. The molecule has 2 amide bonds. The molecule has 3 aliphatic rings. The Morgan fingerprint density at radius 2 is 1.72 bits per heavy atom. The first-order chi connectivity index (χ1) is 18.9. The summed E-state index contributed by atoms with van der Waals surface area (Å²) in [4.78, 5) is 35.9. The van der Waals surface area contributed by atoms with E-state index in [0.29, 0.717) is 17.1 Å². The molecular weight excluding hydrogens is 508 g/mol. The van der Waals surface area contributed by atoms with Gasteiger partial charge in [0.1, 0.15) is 0 Å². The van der Waals surface area contributed by atoms with Gasteiger partial charge in [0, 0.05) is 61.5 Å². The fraction of sp³-hybridized carbons (Fsp3) is 0.375. The van der Waals surface area contributed by atoms with Gasteiger partial charge in [-0.15, -0.1) is 0 Å². The number of carbonyl (C=O) groups is 2. The molecule has 6 nitrogen and oxygen atoms in total. The first-order valence-electron chi connectivity index (χ1n) is 13.8. The fourth-order valence-electron chi connectivity index (χ4n) is 6.29. The molecule has 2 atom stereocenters. The average molecular weight is 543 g/mol. The molecule has 3 aromatic rings. The van der Waals surface area contributed by atoms with Crippen LogP contribution in [0.3, 0.4) is 0 Å². The maximum Gasteiger partial charge on any atom is 0.253 e. The second kappa shape index (κ2) is 10.4. The molecule has 1 spiro atoms. The zero-order valence-corrected chi connectivity index (χ0v) is 23.4. The van der Waals surface area contributed by atoms with Gasteiger partial charge in [-0.25, -0.2) is 0 Å². The Kier molecular flexibility index (Phi) is 6.96. The van der Waals surface area contributed by atoms with E-state index >= 15 is 0 Å². The van der Waals surface area contributed by atoms with E-state index in [1.165, 1.54) is 0 Å². The van der Waals surface area contributed by atoms with E-state index in [9.17, 15) is 9.59 Å². The fourth-order valence-corrected chi connectivity index (χ4v) is 6.41. The van der Waals surface area contributed by atoms with Crippen molar-refractivity contribution >= 4 is 29.1 Å². The van der Waals surface area contributed by atoms with Gasteiger partial charge in [-0.3, -0.25) is 14.5 Å². The highest BCUT2D eigenvalue weighted by Gasteiger charge is 2.67. The normalized spacial score (nSPS) is 22.6. The summed E-state index contributed by atoms with van der Waals surface area (Å²) >= 11 is 6.12. The number of piperazine rings is 1. The third kappa shape index (κ3) is 4.86. The Balaban J connectivity index is 1.17. The van der Waals surface area contributed by atoms with Crippen LogP contribution in [0.4, 0.5) is 5.69 Å². The standard InChI is InChI=1S/C32H35ClN4O2/c1-34(2)14-15-35-16-18-36(19-17-35)30(38)25-7-5-6-23(20-25)22-37-29-9-4-3-8-27(29)32(31(37)39)21-28(32)24-10-12-26(33)13-11-24/h3-13,20,28H,14-19,21-22H2,1-2H3. The van der Waals surface area contributed by atoms with E-state index in [1.54, 1.807) is 0 Å². The second-order valence-electron chi connectivity index (χ2n) is 11.3. The molecule has 202 valence electrons. The minimum absolute atomic E-state index is 0.0683. The van der Waals surface area contributed by atoms with Crippen LogP contribution in [0.2, 0.25) is 5.02 Å². The number of fused-ring (bicyclic) bond motifs is 2. The summed E-state index contributed by atoms with van der Waals surface area (Å²) < 4.78 is 0. The number of anilines is 1. The molecule has 0 radical (unpaired) electrons. The quantitative estimate of drug-likeness (QED) is 0.437. The molecule has 2 unspecified atom stereocenters. The molecule has 2 fully saturated rings. The highest BCUT2D eigenvalue weighted by molar-refractivity contribution is 6.30.